The number of hydrogen-bond acceptors (Lipinski definition) is 3. The van der Waals surface area contributed by atoms with Crippen molar-refractivity contribution in [1.82, 2.24) is 4.98 Å². The monoisotopic (exact) mass is 222 g/mol. The predicted octanol–water partition coefficient (Wildman–Crippen LogP) is 3.38. The molecule has 0 fully saturated rings. The van der Waals surface area contributed by atoms with Crippen molar-refractivity contribution in [2.24, 2.45) is 0 Å². The molecule has 0 amide bonds. The van der Waals surface area contributed by atoms with Crippen LogP contribution in [0, 0.1) is 11.3 Å². The van der Waals surface area contributed by atoms with Crippen LogP contribution in [0.25, 0.3) is 10.2 Å². The Labute approximate surface area is 90.8 Å². The molecular weight excluding hydrogens is 216 g/mol. The van der Waals surface area contributed by atoms with Gasteiger partial charge in [-0.2, -0.15) is 5.26 Å². The maximum atomic E-state index is 8.79. The molecule has 0 N–H and O–H groups in total. The van der Waals surface area contributed by atoms with Gasteiger partial charge in [-0.1, -0.05) is 18.5 Å². The van der Waals surface area contributed by atoms with Gasteiger partial charge in [0.1, 0.15) is 6.07 Å². The smallest absolute Gasteiger partial charge is 0.101 e. The second kappa shape index (κ2) is 3.56. The maximum Gasteiger partial charge on any atom is 0.101 e. The highest BCUT2D eigenvalue weighted by Gasteiger charge is 2.09. The van der Waals surface area contributed by atoms with E-state index in [9.17, 15) is 0 Å². The Kier molecular flexibility index (Phi) is 2.40. The number of halogens is 1. The van der Waals surface area contributed by atoms with E-state index in [4.69, 9.17) is 16.9 Å². The Morgan fingerprint density at radius 1 is 1.57 bits per heavy atom. The zero-order valence-electron chi connectivity index (χ0n) is 7.54. The van der Waals surface area contributed by atoms with Crippen molar-refractivity contribution >= 4 is 33.2 Å². The fraction of sp³-hybridized carbons (Fsp3) is 0.200. The summed E-state index contributed by atoms with van der Waals surface area (Å²) in [5, 5.41) is 10.4. The number of benzene rings is 1. The molecule has 4 heteroatoms. The zero-order valence-corrected chi connectivity index (χ0v) is 9.11. The van der Waals surface area contributed by atoms with E-state index in [1.54, 1.807) is 17.4 Å². The first kappa shape index (κ1) is 9.45. The van der Waals surface area contributed by atoms with E-state index in [1.165, 1.54) is 0 Å². The Morgan fingerprint density at radius 2 is 2.36 bits per heavy atom. The second-order valence-electron chi connectivity index (χ2n) is 2.85. The van der Waals surface area contributed by atoms with Gasteiger partial charge in [0.05, 0.1) is 25.8 Å². The number of aromatic nitrogens is 1. The van der Waals surface area contributed by atoms with Crippen LogP contribution in [0.1, 0.15) is 17.5 Å². The minimum atomic E-state index is 0.519. The SMILES string of the molecule is CCc1nc2ccc(C#N)c(Cl)c2s1. The average molecular weight is 223 g/mol. The highest BCUT2D eigenvalue weighted by Crippen LogP contribution is 2.31. The number of thiazole rings is 1. The zero-order chi connectivity index (χ0) is 10.1. The van der Waals surface area contributed by atoms with Gasteiger partial charge in [0, 0.05) is 0 Å². The summed E-state index contributed by atoms with van der Waals surface area (Å²) in [4.78, 5) is 4.39. The van der Waals surface area contributed by atoms with Crippen molar-refractivity contribution in [1.29, 1.82) is 5.26 Å². The van der Waals surface area contributed by atoms with Crippen molar-refractivity contribution in [2.45, 2.75) is 13.3 Å². The lowest BCUT2D eigenvalue weighted by Gasteiger charge is -1.93. The van der Waals surface area contributed by atoms with Gasteiger partial charge in [-0.3, -0.25) is 0 Å². The highest BCUT2D eigenvalue weighted by atomic mass is 35.5. The van der Waals surface area contributed by atoms with Crippen molar-refractivity contribution in [2.75, 3.05) is 0 Å². The summed E-state index contributed by atoms with van der Waals surface area (Å²) < 4.78 is 0.919. The summed E-state index contributed by atoms with van der Waals surface area (Å²) in [5.41, 5.74) is 1.40. The van der Waals surface area contributed by atoms with Gasteiger partial charge in [-0.15, -0.1) is 11.3 Å². The van der Waals surface area contributed by atoms with Gasteiger partial charge >= 0.3 is 0 Å². The second-order valence-corrected chi connectivity index (χ2v) is 4.31. The van der Waals surface area contributed by atoms with E-state index in [0.29, 0.717) is 10.6 Å². The van der Waals surface area contributed by atoms with Crippen LogP contribution in [-0.2, 0) is 6.42 Å². The van der Waals surface area contributed by atoms with Gasteiger partial charge in [0.2, 0.25) is 0 Å². The number of nitrogens with zero attached hydrogens (tertiary/aromatic N) is 2. The summed E-state index contributed by atoms with van der Waals surface area (Å²) in [6.07, 6.45) is 0.900. The lowest BCUT2D eigenvalue weighted by atomic mass is 10.2. The summed E-state index contributed by atoms with van der Waals surface area (Å²) in [5.74, 6) is 0. The standard InChI is InChI=1S/C10H7ClN2S/c1-2-8-13-7-4-3-6(5-12)9(11)10(7)14-8/h3-4H,2H2,1H3. The molecule has 0 radical (unpaired) electrons. The maximum absolute atomic E-state index is 8.79. The summed E-state index contributed by atoms with van der Waals surface area (Å²) in [6.45, 7) is 2.05. The lowest BCUT2D eigenvalue weighted by Crippen LogP contribution is -1.77. The van der Waals surface area contributed by atoms with Crippen molar-refractivity contribution in [3.8, 4) is 6.07 Å². The minimum absolute atomic E-state index is 0.519. The first-order valence-corrected chi connectivity index (χ1v) is 5.43. The van der Waals surface area contributed by atoms with Gasteiger partial charge < -0.3 is 0 Å². The van der Waals surface area contributed by atoms with Gasteiger partial charge in [0.25, 0.3) is 0 Å². The van der Waals surface area contributed by atoms with E-state index >= 15 is 0 Å². The summed E-state index contributed by atoms with van der Waals surface area (Å²) >= 11 is 7.62. The van der Waals surface area contributed by atoms with Crippen LogP contribution in [0.2, 0.25) is 5.02 Å². The predicted molar refractivity (Wildman–Crippen MR) is 58.7 cm³/mol. The first-order valence-electron chi connectivity index (χ1n) is 4.24. The van der Waals surface area contributed by atoms with E-state index in [0.717, 1.165) is 21.6 Å². The van der Waals surface area contributed by atoms with Crippen molar-refractivity contribution in [3.63, 3.8) is 0 Å². The van der Waals surface area contributed by atoms with Gasteiger partial charge in [0.15, 0.2) is 0 Å². The lowest BCUT2D eigenvalue weighted by molar-refractivity contribution is 1.11. The third kappa shape index (κ3) is 1.37. The molecule has 14 heavy (non-hydrogen) atoms. The third-order valence-electron chi connectivity index (χ3n) is 1.96. The Morgan fingerprint density at radius 3 is 3.00 bits per heavy atom. The number of rotatable bonds is 1. The highest BCUT2D eigenvalue weighted by molar-refractivity contribution is 7.19. The van der Waals surface area contributed by atoms with Crippen LogP contribution in [0.4, 0.5) is 0 Å². The molecule has 0 aliphatic heterocycles. The molecule has 2 aromatic rings. The fourth-order valence-electron chi connectivity index (χ4n) is 1.24. The molecule has 70 valence electrons. The number of nitriles is 1. The van der Waals surface area contributed by atoms with Gasteiger partial charge in [-0.05, 0) is 18.6 Å². The molecule has 1 aromatic carbocycles. The Balaban J connectivity index is 2.76. The molecule has 0 saturated heterocycles. The summed E-state index contributed by atoms with van der Waals surface area (Å²) in [7, 11) is 0. The topological polar surface area (TPSA) is 36.7 Å². The van der Waals surface area contributed by atoms with Crippen molar-refractivity contribution < 1.29 is 0 Å². The molecular formula is C10H7ClN2S. The normalized spacial score (nSPS) is 10.4. The molecule has 0 unspecified atom stereocenters. The minimum Gasteiger partial charge on any atom is -0.241 e. The number of fused-ring (bicyclic) bond motifs is 1. The van der Waals surface area contributed by atoms with Crippen LogP contribution in [0.3, 0.4) is 0 Å². The quantitative estimate of drug-likeness (QED) is 0.742. The van der Waals surface area contributed by atoms with E-state index in [2.05, 4.69) is 18.0 Å². The molecule has 1 heterocycles. The van der Waals surface area contributed by atoms with E-state index < -0.39 is 0 Å². The van der Waals surface area contributed by atoms with E-state index in [-0.39, 0.29) is 0 Å². The Hall–Kier alpha value is -1.11. The van der Waals surface area contributed by atoms with Crippen LogP contribution >= 0.6 is 22.9 Å². The molecule has 0 saturated carbocycles. The number of aryl methyl sites for hydroxylation is 1. The van der Waals surface area contributed by atoms with E-state index in [1.807, 2.05) is 6.07 Å². The number of hydrogen-bond donors (Lipinski definition) is 0. The molecule has 0 spiro atoms. The summed E-state index contributed by atoms with van der Waals surface area (Å²) in [6, 6.07) is 5.62. The molecule has 0 atom stereocenters. The molecule has 0 aliphatic rings. The average Bonchev–Trinajstić information content (AvgIpc) is 2.62. The first-order chi connectivity index (χ1) is 6.76. The van der Waals surface area contributed by atoms with Crippen LogP contribution < -0.4 is 0 Å². The third-order valence-corrected chi connectivity index (χ3v) is 3.70. The van der Waals surface area contributed by atoms with Crippen molar-refractivity contribution in [3.05, 3.63) is 27.7 Å². The Bertz CT molecular complexity index is 525. The molecule has 0 bridgehead atoms. The molecule has 0 aliphatic carbocycles. The molecule has 2 rings (SSSR count). The molecule has 1 aromatic heterocycles. The molecule has 2 nitrogen and oxygen atoms in total. The van der Waals surface area contributed by atoms with Gasteiger partial charge in [-0.25, -0.2) is 4.98 Å². The van der Waals surface area contributed by atoms with Crippen LogP contribution in [0.5, 0.6) is 0 Å². The largest absolute Gasteiger partial charge is 0.241 e. The fourth-order valence-corrected chi connectivity index (χ4v) is 2.50. The van der Waals surface area contributed by atoms with Crippen LogP contribution in [0.15, 0.2) is 12.1 Å². The van der Waals surface area contributed by atoms with Crippen LogP contribution in [-0.4, -0.2) is 4.98 Å².